The minimum Gasteiger partial charge on any atom is -0.493 e. The first-order valence-electron chi connectivity index (χ1n) is 12.3. The smallest absolute Gasteiger partial charge is 0.251 e. The van der Waals surface area contributed by atoms with Crippen molar-refractivity contribution in [1.29, 1.82) is 0 Å². The number of amides is 2. The Hall–Kier alpha value is -4.19. The van der Waals surface area contributed by atoms with Crippen molar-refractivity contribution < 1.29 is 23.5 Å². The van der Waals surface area contributed by atoms with Gasteiger partial charge in [-0.15, -0.1) is 21.5 Å². The van der Waals surface area contributed by atoms with E-state index in [0.717, 1.165) is 4.88 Å². The molecular weight excluding hydrogens is 520 g/mol. The summed E-state index contributed by atoms with van der Waals surface area (Å²) in [7, 11) is 3.10. The predicted octanol–water partition coefficient (Wildman–Crippen LogP) is 4.01. The van der Waals surface area contributed by atoms with Crippen molar-refractivity contribution in [1.82, 2.24) is 30.4 Å². The van der Waals surface area contributed by atoms with Crippen molar-refractivity contribution in [2.45, 2.75) is 52.4 Å². The first-order valence-corrected chi connectivity index (χ1v) is 13.2. The van der Waals surface area contributed by atoms with Crippen LogP contribution in [0, 0.1) is 6.92 Å². The molecule has 3 heterocycles. The maximum absolute atomic E-state index is 13.8. The van der Waals surface area contributed by atoms with Crippen LogP contribution in [0.25, 0.3) is 11.4 Å². The van der Waals surface area contributed by atoms with Crippen molar-refractivity contribution in [2.24, 2.45) is 0 Å². The first-order chi connectivity index (χ1) is 18.6. The molecular formula is C27H32N6O5S. The molecule has 0 aliphatic heterocycles. The second-order valence-corrected chi connectivity index (χ2v) is 10.9. The standard InChI is InChI=1S/C27H32N6O5S/c1-17-9-11-21(38-17)24(26(35)28-27(2,3)4)32(15-19-8-7-13-39-19)23(34)16-33-30-25(29-31-33)18-10-12-20(36-5)22(14-18)37-6/h7-14,24H,15-16H2,1-6H3,(H,28,35)/t24-/m1/s1. The fourth-order valence-electron chi connectivity index (χ4n) is 3.97. The molecule has 3 aromatic heterocycles. The molecule has 0 unspecified atom stereocenters. The van der Waals surface area contributed by atoms with Gasteiger partial charge in [-0.1, -0.05) is 6.07 Å². The summed E-state index contributed by atoms with van der Waals surface area (Å²) in [5, 5.41) is 17.5. The van der Waals surface area contributed by atoms with Crippen LogP contribution in [0.1, 0.15) is 43.2 Å². The van der Waals surface area contributed by atoms with E-state index in [1.165, 1.54) is 21.0 Å². The van der Waals surface area contributed by atoms with E-state index in [1.54, 1.807) is 51.5 Å². The normalized spacial score (nSPS) is 12.2. The van der Waals surface area contributed by atoms with E-state index in [4.69, 9.17) is 13.9 Å². The number of hydrogen-bond donors (Lipinski definition) is 1. The molecule has 0 spiro atoms. The molecule has 1 aromatic carbocycles. The summed E-state index contributed by atoms with van der Waals surface area (Å²) in [6, 6.07) is 11.6. The Labute approximate surface area is 230 Å². The number of methoxy groups -OCH3 is 2. The molecule has 1 N–H and O–H groups in total. The Balaban J connectivity index is 1.64. The van der Waals surface area contributed by atoms with E-state index in [-0.39, 0.29) is 24.9 Å². The van der Waals surface area contributed by atoms with Crippen molar-refractivity contribution >= 4 is 23.2 Å². The number of ether oxygens (including phenoxy) is 2. The molecule has 0 bridgehead atoms. The Bertz CT molecular complexity index is 1420. The van der Waals surface area contributed by atoms with Crippen LogP contribution in [0.4, 0.5) is 0 Å². The van der Waals surface area contributed by atoms with Crippen LogP contribution in [-0.4, -0.2) is 56.7 Å². The Morgan fingerprint density at radius 2 is 1.90 bits per heavy atom. The lowest BCUT2D eigenvalue weighted by atomic mass is 10.1. The number of carbonyl (C=O) groups excluding carboxylic acids is 2. The zero-order valence-electron chi connectivity index (χ0n) is 22.8. The van der Waals surface area contributed by atoms with Crippen LogP contribution in [0.3, 0.4) is 0 Å². The largest absolute Gasteiger partial charge is 0.493 e. The lowest BCUT2D eigenvalue weighted by molar-refractivity contribution is -0.143. The molecule has 0 aliphatic carbocycles. The number of carbonyl (C=O) groups is 2. The SMILES string of the molecule is COc1ccc(-c2nnn(CC(=O)N(Cc3cccs3)[C@@H](C(=O)NC(C)(C)C)c3ccc(C)o3)n2)cc1OC. The number of tetrazole rings is 1. The van der Waals surface area contributed by atoms with Gasteiger partial charge in [0.25, 0.3) is 5.91 Å². The second-order valence-electron chi connectivity index (χ2n) is 9.90. The molecule has 0 aliphatic rings. The topological polar surface area (TPSA) is 125 Å². The molecule has 11 nitrogen and oxygen atoms in total. The van der Waals surface area contributed by atoms with Gasteiger partial charge in [0.1, 0.15) is 18.1 Å². The molecule has 4 rings (SSSR count). The molecule has 1 atom stereocenters. The number of nitrogens with zero attached hydrogens (tertiary/aromatic N) is 5. The fraction of sp³-hybridized carbons (Fsp3) is 0.370. The van der Waals surface area contributed by atoms with Crippen LogP contribution >= 0.6 is 11.3 Å². The summed E-state index contributed by atoms with van der Waals surface area (Å²) in [6.07, 6.45) is 0. The van der Waals surface area contributed by atoms with Gasteiger partial charge in [-0.2, -0.15) is 4.80 Å². The molecule has 2 amide bonds. The first kappa shape index (κ1) is 27.8. The van der Waals surface area contributed by atoms with E-state index in [0.29, 0.717) is 34.4 Å². The molecule has 12 heteroatoms. The van der Waals surface area contributed by atoms with Gasteiger partial charge in [-0.25, -0.2) is 0 Å². The van der Waals surface area contributed by atoms with Crippen molar-refractivity contribution in [3.8, 4) is 22.9 Å². The summed E-state index contributed by atoms with van der Waals surface area (Å²) in [5.41, 5.74) is 0.131. The third kappa shape index (κ3) is 6.82. The van der Waals surface area contributed by atoms with E-state index in [9.17, 15) is 9.59 Å². The van der Waals surface area contributed by atoms with Gasteiger partial charge >= 0.3 is 0 Å². The average molecular weight is 553 g/mol. The van der Waals surface area contributed by atoms with Crippen LogP contribution in [-0.2, 0) is 22.7 Å². The highest BCUT2D eigenvalue weighted by molar-refractivity contribution is 7.09. The van der Waals surface area contributed by atoms with Gasteiger partial charge in [0, 0.05) is 16.0 Å². The Kier molecular flexibility index (Phi) is 8.34. The minimum absolute atomic E-state index is 0.204. The maximum Gasteiger partial charge on any atom is 0.251 e. The van der Waals surface area contributed by atoms with Gasteiger partial charge in [0.15, 0.2) is 17.5 Å². The number of rotatable bonds is 10. The predicted molar refractivity (Wildman–Crippen MR) is 145 cm³/mol. The van der Waals surface area contributed by atoms with Crippen LogP contribution in [0.5, 0.6) is 11.5 Å². The van der Waals surface area contributed by atoms with Crippen molar-refractivity contribution in [2.75, 3.05) is 14.2 Å². The molecule has 206 valence electrons. The number of hydrogen-bond acceptors (Lipinski definition) is 9. The zero-order valence-corrected chi connectivity index (χ0v) is 23.6. The number of furan rings is 1. The van der Waals surface area contributed by atoms with Crippen LogP contribution in [0.2, 0.25) is 0 Å². The van der Waals surface area contributed by atoms with Gasteiger partial charge in [-0.3, -0.25) is 9.59 Å². The Morgan fingerprint density at radius 1 is 1.13 bits per heavy atom. The van der Waals surface area contributed by atoms with Crippen molar-refractivity contribution in [3.05, 3.63) is 64.2 Å². The summed E-state index contributed by atoms with van der Waals surface area (Å²) in [5.74, 6) is 1.70. The number of benzene rings is 1. The Morgan fingerprint density at radius 3 is 2.51 bits per heavy atom. The van der Waals surface area contributed by atoms with Crippen molar-refractivity contribution in [3.63, 3.8) is 0 Å². The van der Waals surface area contributed by atoms with Crippen LogP contribution < -0.4 is 14.8 Å². The molecule has 0 saturated heterocycles. The second kappa shape index (κ2) is 11.7. The summed E-state index contributed by atoms with van der Waals surface area (Å²) in [6.45, 7) is 7.42. The third-order valence-electron chi connectivity index (χ3n) is 5.69. The highest BCUT2D eigenvalue weighted by atomic mass is 32.1. The molecule has 0 saturated carbocycles. The molecule has 0 fully saturated rings. The molecule has 39 heavy (non-hydrogen) atoms. The lowest BCUT2D eigenvalue weighted by Gasteiger charge is -2.32. The quantitative estimate of drug-likeness (QED) is 0.313. The van der Waals surface area contributed by atoms with Gasteiger partial charge < -0.3 is 24.1 Å². The highest BCUT2D eigenvalue weighted by Crippen LogP contribution is 2.31. The monoisotopic (exact) mass is 552 g/mol. The summed E-state index contributed by atoms with van der Waals surface area (Å²) < 4.78 is 16.5. The van der Waals surface area contributed by atoms with Crippen LogP contribution in [0.15, 0.2) is 52.3 Å². The number of nitrogens with one attached hydrogen (secondary N) is 1. The zero-order chi connectivity index (χ0) is 28.2. The number of thiophene rings is 1. The minimum atomic E-state index is -0.999. The number of aromatic nitrogens is 4. The number of aryl methyl sites for hydroxylation is 1. The molecule has 4 aromatic rings. The maximum atomic E-state index is 13.8. The van der Waals surface area contributed by atoms with E-state index >= 15 is 0 Å². The lowest BCUT2D eigenvalue weighted by Crippen LogP contribution is -2.49. The highest BCUT2D eigenvalue weighted by Gasteiger charge is 2.36. The third-order valence-corrected chi connectivity index (χ3v) is 6.55. The summed E-state index contributed by atoms with van der Waals surface area (Å²) >= 11 is 1.50. The van der Waals surface area contributed by atoms with Gasteiger partial charge in [0.2, 0.25) is 11.7 Å². The van der Waals surface area contributed by atoms with E-state index < -0.39 is 11.6 Å². The van der Waals surface area contributed by atoms with E-state index in [2.05, 4.69) is 20.7 Å². The summed E-state index contributed by atoms with van der Waals surface area (Å²) in [4.78, 5) is 31.0. The average Bonchev–Trinajstić information content (AvgIpc) is 3.65. The van der Waals surface area contributed by atoms with Gasteiger partial charge in [0.05, 0.1) is 20.8 Å². The van der Waals surface area contributed by atoms with Gasteiger partial charge in [-0.05, 0) is 74.7 Å². The molecule has 0 radical (unpaired) electrons. The fourth-order valence-corrected chi connectivity index (χ4v) is 4.67. The van der Waals surface area contributed by atoms with E-state index in [1.807, 2.05) is 38.3 Å².